The molecule has 50 heavy (non-hydrogen) atoms. The molecule has 0 aromatic heterocycles. The van der Waals surface area contributed by atoms with E-state index in [2.05, 4.69) is 34.3 Å². The minimum Gasteiger partial charge on any atom is -0.395 e. The Labute approximate surface area is 313 Å². The molecule has 0 aliphatic heterocycles. The highest BCUT2D eigenvalue weighted by Crippen LogP contribution is 2.14. The minimum atomic E-state index is 0.154. The topological polar surface area (TPSA) is 123 Å². The third-order valence-corrected chi connectivity index (χ3v) is 10.5. The normalized spacial score (nSPS) is 13.2. The summed E-state index contributed by atoms with van der Waals surface area (Å²) in [5.41, 5.74) is 12.3. The van der Waals surface area contributed by atoms with Crippen molar-refractivity contribution < 1.29 is 10.2 Å². The van der Waals surface area contributed by atoms with Crippen LogP contribution in [-0.2, 0) is 0 Å². The largest absolute Gasteiger partial charge is 0.395 e. The number of hydrogen-bond donors (Lipinski definition) is 6. The summed E-state index contributed by atoms with van der Waals surface area (Å²) in [6.45, 7) is 13.7. The number of unbranched alkanes of at least 4 members (excludes halogenated alkanes) is 23. The Morgan fingerprint density at radius 1 is 0.400 bits per heavy atom. The molecule has 2 atom stereocenters. The van der Waals surface area contributed by atoms with Gasteiger partial charge in [0.1, 0.15) is 0 Å². The summed E-state index contributed by atoms with van der Waals surface area (Å²) in [4.78, 5) is 5.25. The standard InChI is InChI=1S/C42H92N6O2/c1-3-5-7-9-11-13-15-17-19-21-23-25-31-47(39-41(37-43)45-29-35-49)33-27-28-34-48(40-42(38-44)46-30-36-50)32-26-24-22-20-18-16-14-12-10-8-6-4-2/h41-42,45-46,49-50H,3-40,43-44H2,1-2H3. The van der Waals surface area contributed by atoms with Gasteiger partial charge in [-0.2, -0.15) is 0 Å². The number of rotatable bonds is 43. The quantitative estimate of drug-likeness (QED) is 0.0358. The highest BCUT2D eigenvalue weighted by molar-refractivity contribution is 4.76. The van der Waals surface area contributed by atoms with E-state index in [-0.39, 0.29) is 25.3 Å². The van der Waals surface area contributed by atoms with Crippen LogP contribution < -0.4 is 22.1 Å². The van der Waals surface area contributed by atoms with Gasteiger partial charge in [-0.15, -0.1) is 0 Å². The molecule has 0 saturated heterocycles. The molecule has 0 aliphatic carbocycles. The van der Waals surface area contributed by atoms with Crippen molar-refractivity contribution in [3.63, 3.8) is 0 Å². The van der Waals surface area contributed by atoms with Crippen LogP contribution >= 0.6 is 0 Å². The maximum Gasteiger partial charge on any atom is 0.0556 e. The molecule has 0 amide bonds. The van der Waals surface area contributed by atoms with E-state index in [1.165, 1.54) is 167 Å². The van der Waals surface area contributed by atoms with Gasteiger partial charge < -0.3 is 42.1 Å². The fourth-order valence-corrected chi connectivity index (χ4v) is 7.22. The van der Waals surface area contributed by atoms with Crippen LogP contribution in [-0.4, -0.2) is 111 Å². The van der Waals surface area contributed by atoms with E-state index in [1.807, 2.05) is 0 Å². The first-order chi connectivity index (χ1) is 24.6. The smallest absolute Gasteiger partial charge is 0.0556 e. The lowest BCUT2D eigenvalue weighted by molar-refractivity contribution is 0.204. The SMILES string of the molecule is CCCCCCCCCCCCCCN(CCCCN(CCCCCCCCCCCCCC)CC(CN)NCCO)CC(CN)NCCO. The van der Waals surface area contributed by atoms with Gasteiger partial charge in [-0.25, -0.2) is 0 Å². The zero-order valence-electron chi connectivity index (χ0n) is 34.0. The molecule has 0 rings (SSSR count). The molecule has 0 saturated carbocycles. The third-order valence-electron chi connectivity index (χ3n) is 10.5. The average Bonchev–Trinajstić information content (AvgIpc) is 3.13. The number of aliphatic hydroxyl groups excluding tert-OH is 2. The average molecular weight is 713 g/mol. The molecule has 0 aromatic rings. The van der Waals surface area contributed by atoms with Crippen LogP contribution in [0.15, 0.2) is 0 Å². The molecule has 0 aromatic carbocycles. The maximum absolute atomic E-state index is 9.34. The van der Waals surface area contributed by atoms with Gasteiger partial charge >= 0.3 is 0 Å². The van der Waals surface area contributed by atoms with Crippen LogP contribution in [0.5, 0.6) is 0 Å². The van der Waals surface area contributed by atoms with E-state index in [9.17, 15) is 10.2 Å². The molecule has 0 heterocycles. The lowest BCUT2D eigenvalue weighted by Gasteiger charge is -2.29. The van der Waals surface area contributed by atoms with Gasteiger partial charge in [0.25, 0.3) is 0 Å². The van der Waals surface area contributed by atoms with Crippen LogP contribution in [0.25, 0.3) is 0 Å². The summed E-state index contributed by atoms with van der Waals surface area (Å²) < 4.78 is 0. The van der Waals surface area contributed by atoms with Crippen molar-refractivity contribution in [1.82, 2.24) is 20.4 Å². The van der Waals surface area contributed by atoms with Gasteiger partial charge in [-0.3, -0.25) is 0 Å². The monoisotopic (exact) mass is 713 g/mol. The molecule has 0 radical (unpaired) electrons. The number of nitrogens with one attached hydrogen (secondary N) is 2. The van der Waals surface area contributed by atoms with Gasteiger partial charge in [0.15, 0.2) is 0 Å². The molecule has 0 bridgehead atoms. The van der Waals surface area contributed by atoms with Crippen molar-refractivity contribution >= 4 is 0 Å². The van der Waals surface area contributed by atoms with Gasteiger partial charge in [0.05, 0.1) is 13.2 Å². The molecule has 2 unspecified atom stereocenters. The van der Waals surface area contributed by atoms with Gasteiger partial charge in [-0.05, 0) is 51.9 Å². The Balaban J connectivity index is 4.61. The van der Waals surface area contributed by atoms with Crippen LogP contribution in [0.4, 0.5) is 0 Å². The number of nitrogens with zero attached hydrogens (tertiary/aromatic N) is 2. The van der Waals surface area contributed by atoms with Gasteiger partial charge in [0, 0.05) is 51.4 Å². The number of nitrogens with two attached hydrogens (primary N) is 2. The molecule has 8 N–H and O–H groups in total. The Morgan fingerprint density at radius 2 is 0.640 bits per heavy atom. The number of hydrogen-bond acceptors (Lipinski definition) is 8. The summed E-state index contributed by atoms with van der Waals surface area (Å²) in [6.07, 6.45) is 35.4. The number of aliphatic hydroxyl groups is 2. The fourth-order valence-electron chi connectivity index (χ4n) is 7.22. The second-order valence-corrected chi connectivity index (χ2v) is 15.3. The predicted molar refractivity (Wildman–Crippen MR) is 220 cm³/mol. The zero-order chi connectivity index (χ0) is 36.6. The molecule has 8 heteroatoms. The van der Waals surface area contributed by atoms with Crippen LogP contribution in [0, 0.1) is 0 Å². The van der Waals surface area contributed by atoms with Crippen LogP contribution in [0.1, 0.15) is 181 Å². The second kappa shape index (κ2) is 41.4. The lowest BCUT2D eigenvalue weighted by atomic mass is 10.1. The van der Waals surface area contributed by atoms with Crippen molar-refractivity contribution in [2.45, 2.75) is 193 Å². The Morgan fingerprint density at radius 3 is 0.880 bits per heavy atom. The van der Waals surface area contributed by atoms with Crippen LogP contribution in [0.2, 0.25) is 0 Å². The van der Waals surface area contributed by atoms with E-state index < -0.39 is 0 Å². The van der Waals surface area contributed by atoms with E-state index in [4.69, 9.17) is 11.5 Å². The van der Waals surface area contributed by atoms with E-state index >= 15 is 0 Å². The summed E-state index contributed by atoms with van der Waals surface area (Å²) in [5.74, 6) is 0. The van der Waals surface area contributed by atoms with Gasteiger partial charge in [0.2, 0.25) is 0 Å². The Kier molecular flexibility index (Phi) is 41.2. The Hall–Kier alpha value is -0.320. The summed E-state index contributed by atoms with van der Waals surface area (Å²) in [6, 6.07) is 0.453. The minimum absolute atomic E-state index is 0.154. The van der Waals surface area contributed by atoms with Crippen molar-refractivity contribution in [2.75, 3.05) is 78.7 Å². The molecule has 8 nitrogen and oxygen atoms in total. The summed E-state index contributed by atoms with van der Waals surface area (Å²) in [7, 11) is 0. The van der Waals surface area contributed by atoms with Crippen LogP contribution in [0.3, 0.4) is 0 Å². The predicted octanol–water partition coefficient (Wildman–Crippen LogP) is 7.59. The summed E-state index contributed by atoms with van der Waals surface area (Å²) >= 11 is 0. The molecule has 0 fully saturated rings. The maximum atomic E-state index is 9.34. The highest BCUT2D eigenvalue weighted by Gasteiger charge is 2.15. The van der Waals surface area contributed by atoms with E-state index in [0.717, 1.165) is 39.3 Å². The van der Waals surface area contributed by atoms with E-state index in [0.29, 0.717) is 26.2 Å². The summed E-state index contributed by atoms with van der Waals surface area (Å²) in [5, 5.41) is 25.6. The molecule has 302 valence electrons. The molecular formula is C42H92N6O2. The zero-order valence-corrected chi connectivity index (χ0v) is 34.0. The van der Waals surface area contributed by atoms with Crippen molar-refractivity contribution in [1.29, 1.82) is 0 Å². The lowest BCUT2D eigenvalue weighted by Crippen LogP contribution is -2.47. The second-order valence-electron chi connectivity index (χ2n) is 15.3. The first kappa shape index (κ1) is 49.7. The first-order valence-electron chi connectivity index (χ1n) is 22.2. The van der Waals surface area contributed by atoms with E-state index in [1.54, 1.807) is 0 Å². The highest BCUT2D eigenvalue weighted by atomic mass is 16.3. The molecule has 0 aliphatic rings. The fraction of sp³-hybridized carbons (Fsp3) is 1.00. The third kappa shape index (κ3) is 34.7. The van der Waals surface area contributed by atoms with Crippen molar-refractivity contribution in [2.24, 2.45) is 11.5 Å². The first-order valence-corrected chi connectivity index (χ1v) is 22.2. The van der Waals surface area contributed by atoms with Gasteiger partial charge in [-0.1, -0.05) is 155 Å². The molecular weight excluding hydrogens is 621 g/mol. The molecule has 0 spiro atoms. The van der Waals surface area contributed by atoms with Crippen molar-refractivity contribution in [3.05, 3.63) is 0 Å². The van der Waals surface area contributed by atoms with Crippen molar-refractivity contribution in [3.8, 4) is 0 Å². The Bertz CT molecular complexity index is 579.